The summed E-state index contributed by atoms with van der Waals surface area (Å²) in [5, 5.41) is 77.5. The fraction of sp³-hybridized carbons (Fsp3) is 0.167. The fourth-order valence-corrected chi connectivity index (χ4v) is 6.46. The summed E-state index contributed by atoms with van der Waals surface area (Å²) in [6.07, 6.45) is -0.178. The third-order valence-corrected chi connectivity index (χ3v) is 10.0. The molecular weight excluding hydrogens is 928 g/mol. The zero-order chi connectivity index (χ0) is 44.4. The van der Waals surface area contributed by atoms with Gasteiger partial charge in [-0.3, -0.25) is 10.1 Å². The van der Waals surface area contributed by atoms with Crippen LogP contribution in [-0.4, -0.2) is 37.9 Å². The normalized spacial score (nSPS) is 10.8. The summed E-state index contributed by atoms with van der Waals surface area (Å²) in [5.41, 5.74) is 5.58. The molecule has 4 N–H and O–H groups in total. The number of nitrogens with one attached hydrogen (secondary N) is 3. The maximum Gasteiger partial charge on any atom is 1.00 e. The van der Waals surface area contributed by atoms with Gasteiger partial charge in [-0.25, -0.2) is 0 Å². The molecule has 0 saturated carbocycles. The molecule has 0 heterocycles. The minimum Gasteiger partial charge on any atom is -0.691 e. The van der Waals surface area contributed by atoms with E-state index in [9.17, 15) is 25.5 Å². The van der Waals surface area contributed by atoms with Gasteiger partial charge in [-0.2, -0.15) is 24.0 Å². The number of aryl methyl sites for hydroxylation is 2. The van der Waals surface area contributed by atoms with Crippen LogP contribution in [0.5, 0.6) is 17.2 Å². The van der Waals surface area contributed by atoms with E-state index in [2.05, 4.69) is 55.2 Å². The van der Waals surface area contributed by atoms with E-state index in [1.165, 1.54) is 0 Å². The minimum absolute atomic E-state index is 0. The Kier molecular flexibility index (Phi) is 25.9. The van der Waals surface area contributed by atoms with Crippen molar-refractivity contribution in [2.75, 3.05) is 42.7 Å². The maximum absolute atomic E-state index is 11.4. The number of carbonyl (C=O) groups is 1. The summed E-state index contributed by atoms with van der Waals surface area (Å²) in [4.78, 5) is 11.4. The Morgan fingerprint density at radius 3 is 1.77 bits per heavy atom. The molecule has 0 bridgehead atoms. The Hall–Kier alpha value is -3.53. The molecule has 19 nitrogen and oxygen atoms in total. The molecule has 6 aromatic rings. The van der Waals surface area contributed by atoms with Gasteiger partial charge in [-0.1, -0.05) is 0 Å². The van der Waals surface area contributed by atoms with Gasteiger partial charge >= 0.3 is 88.7 Å². The standard InChI is InChI=1S/C42H41N7O12S2.3Na/c1-26-20-38(27(2)19-37(26)47-46-31-5-12-34(13-6-31)56-24-44-30-7-14-35(15-8-30)62-60-58-53)48-49-41-39(63-61-59-54)22-28-21-32(9-16-36(28)42(41)52)45-25-57-33-10-3-29(4-11-33)43-23-55-18-17-40(50)51;;;/h3-16,19-22,43-45,52-54H,17-18,23-25H2,1-2H3,(H,50,51);;;/q;3*+1/p-3. The predicted octanol–water partition coefficient (Wildman–Crippen LogP) is -1.11. The molecule has 0 aliphatic rings. The van der Waals surface area contributed by atoms with Crippen LogP contribution in [0.15, 0.2) is 139 Å². The van der Waals surface area contributed by atoms with E-state index in [0.29, 0.717) is 62.0 Å². The summed E-state index contributed by atoms with van der Waals surface area (Å²) >= 11 is 1.38. The molecule has 0 aliphatic carbocycles. The van der Waals surface area contributed by atoms with E-state index in [-0.39, 0.29) is 138 Å². The largest absolute Gasteiger partial charge is 1.00 e. The molecular formula is C42H38N7Na3O12S2. The number of aromatic hydroxyl groups is 1. The second-order valence-electron chi connectivity index (χ2n) is 13.1. The fourth-order valence-electron chi connectivity index (χ4n) is 5.62. The molecule has 328 valence electrons. The Morgan fingerprint density at radius 1 is 0.636 bits per heavy atom. The van der Waals surface area contributed by atoms with Crippen LogP contribution in [0, 0.1) is 13.8 Å². The summed E-state index contributed by atoms with van der Waals surface area (Å²) in [6.45, 7) is 4.24. The summed E-state index contributed by atoms with van der Waals surface area (Å²) in [5.74, 6) is -0.136. The van der Waals surface area contributed by atoms with Gasteiger partial charge in [0, 0.05) is 39.7 Å². The number of aliphatic carboxylic acids is 1. The van der Waals surface area contributed by atoms with Crippen LogP contribution in [0.25, 0.3) is 10.8 Å². The molecule has 0 radical (unpaired) electrons. The number of benzene rings is 6. The van der Waals surface area contributed by atoms with Crippen LogP contribution in [0.3, 0.4) is 0 Å². The van der Waals surface area contributed by atoms with Crippen molar-refractivity contribution in [2.45, 2.75) is 30.1 Å². The number of ether oxygens (including phenoxy) is 3. The molecule has 0 saturated heterocycles. The van der Waals surface area contributed by atoms with Crippen LogP contribution in [0.1, 0.15) is 17.5 Å². The van der Waals surface area contributed by atoms with Crippen molar-refractivity contribution >= 4 is 80.6 Å². The van der Waals surface area contributed by atoms with Crippen molar-refractivity contribution in [2.24, 2.45) is 20.5 Å². The van der Waals surface area contributed by atoms with Crippen molar-refractivity contribution in [3.05, 3.63) is 120 Å². The Balaban J connectivity index is 0.00000385. The number of nitrogens with zero attached hydrogens (tertiary/aromatic N) is 4. The number of phenols is 1. The van der Waals surface area contributed by atoms with Gasteiger partial charge in [-0.05, 0) is 140 Å². The number of azo groups is 2. The van der Waals surface area contributed by atoms with Gasteiger partial charge in [0.2, 0.25) is 0 Å². The van der Waals surface area contributed by atoms with Crippen LogP contribution >= 0.6 is 24.1 Å². The van der Waals surface area contributed by atoms with E-state index in [4.69, 9.17) is 14.2 Å². The first-order chi connectivity index (χ1) is 30.7. The van der Waals surface area contributed by atoms with Gasteiger partial charge < -0.3 is 55.7 Å². The summed E-state index contributed by atoms with van der Waals surface area (Å²) in [7, 11) is 0. The summed E-state index contributed by atoms with van der Waals surface area (Å²) < 4.78 is 25.7. The molecule has 0 fully saturated rings. The average molecular weight is 966 g/mol. The Morgan fingerprint density at radius 2 is 1.17 bits per heavy atom. The first-order valence-corrected chi connectivity index (χ1v) is 20.2. The monoisotopic (exact) mass is 965 g/mol. The molecule has 0 atom stereocenters. The molecule has 0 spiro atoms. The topological polar surface area (TPSA) is 257 Å². The minimum atomic E-state index is -1.17. The number of rotatable bonds is 24. The third-order valence-electron chi connectivity index (χ3n) is 8.81. The van der Waals surface area contributed by atoms with E-state index in [1.807, 2.05) is 32.0 Å². The van der Waals surface area contributed by atoms with Crippen LogP contribution in [0.4, 0.5) is 39.8 Å². The van der Waals surface area contributed by atoms with Gasteiger partial charge in [-0.15, -0.1) is 5.11 Å². The van der Waals surface area contributed by atoms with E-state index < -0.39 is 5.97 Å². The van der Waals surface area contributed by atoms with Gasteiger partial charge in [0.15, 0.2) is 19.2 Å². The SMILES string of the molecule is Cc1cc(N=Nc2c(SOO[O-])cc3cc(NCOc4ccc(NCOCCC(=O)[O-])cc4)ccc3c2O)c(C)cc1N=Nc1ccc(OCNc2ccc(SOO[O-])cc2)cc1.[Na+].[Na+].[Na+]. The number of anilines is 3. The molecule has 0 unspecified atom stereocenters. The molecule has 6 aromatic carbocycles. The van der Waals surface area contributed by atoms with E-state index >= 15 is 0 Å². The molecule has 0 aliphatic heterocycles. The number of hydrogen-bond donors (Lipinski definition) is 4. The molecule has 66 heavy (non-hydrogen) atoms. The van der Waals surface area contributed by atoms with Crippen molar-refractivity contribution in [3.8, 4) is 17.2 Å². The molecule has 0 aromatic heterocycles. The second kappa shape index (κ2) is 30.1. The number of phenolic OH excluding ortho intramolecular Hbond substituents is 1. The van der Waals surface area contributed by atoms with Crippen molar-refractivity contribution in [3.63, 3.8) is 0 Å². The van der Waals surface area contributed by atoms with Crippen LogP contribution in [-0.2, 0) is 28.3 Å². The van der Waals surface area contributed by atoms with Crippen molar-refractivity contribution in [1.82, 2.24) is 0 Å². The summed E-state index contributed by atoms with van der Waals surface area (Å²) in [6, 6.07) is 31.9. The first kappa shape index (κ1) is 56.8. The Bertz CT molecular complexity index is 2520. The third kappa shape index (κ3) is 17.8. The van der Waals surface area contributed by atoms with E-state index in [1.54, 1.807) is 91.0 Å². The molecule has 0 amide bonds. The molecule has 24 heteroatoms. The number of hydrogen-bond acceptors (Lipinski definition) is 21. The van der Waals surface area contributed by atoms with Crippen LogP contribution in [0.2, 0.25) is 0 Å². The van der Waals surface area contributed by atoms with Gasteiger partial charge in [0.25, 0.3) is 0 Å². The maximum atomic E-state index is 11.4. The number of fused-ring (bicyclic) bond motifs is 1. The first-order valence-electron chi connectivity index (χ1n) is 18.7. The van der Waals surface area contributed by atoms with Crippen LogP contribution < -0.4 is 130 Å². The predicted molar refractivity (Wildman–Crippen MR) is 228 cm³/mol. The average Bonchev–Trinajstić information content (AvgIpc) is 3.29. The smallest absolute Gasteiger partial charge is 0.691 e. The quantitative estimate of drug-likeness (QED) is 0.0107. The second-order valence-corrected chi connectivity index (χ2v) is 14.6. The van der Waals surface area contributed by atoms with Crippen molar-refractivity contribution in [1.29, 1.82) is 0 Å². The van der Waals surface area contributed by atoms with E-state index in [0.717, 1.165) is 34.5 Å². The zero-order valence-electron chi connectivity index (χ0n) is 36.5. The van der Waals surface area contributed by atoms with Gasteiger partial charge in [0.1, 0.15) is 23.9 Å². The zero-order valence-corrected chi connectivity index (χ0v) is 44.1. The number of carboxylic acid groups (broad SMARTS) is 1. The van der Waals surface area contributed by atoms with Gasteiger partial charge in [0.05, 0.1) is 52.7 Å². The number of carbonyl (C=O) groups excluding carboxylic acids is 1. The number of carboxylic acids is 1. The van der Waals surface area contributed by atoms with Crippen molar-refractivity contribution < 1.29 is 147 Å². The molecule has 6 rings (SSSR count). The Labute approximate surface area is 454 Å².